The van der Waals surface area contributed by atoms with Gasteiger partial charge in [0.15, 0.2) is 5.82 Å². The molecule has 3 aromatic rings. The number of nitriles is 1. The van der Waals surface area contributed by atoms with Crippen molar-refractivity contribution in [2.75, 3.05) is 0 Å². The fraction of sp³-hybridized carbons (Fsp3) is 0.0588. The minimum atomic E-state index is -1.10. The highest BCUT2D eigenvalue weighted by Crippen LogP contribution is 2.25. The third kappa shape index (κ3) is 2.73. The molecule has 0 aliphatic rings. The predicted octanol–water partition coefficient (Wildman–Crippen LogP) is 2.95. The molecule has 0 bridgehead atoms. The summed E-state index contributed by atoms with van der Waals surface area (Å²) in [7, 11) is 0. The summed E-state index contributed by atoms with van der Waals surface area (Å²) < 4.78 is 14.7. The fourth-order valence-corrected chi connectivity index (χ4v) is 2.26. The van der Waals surface area contributed by atoms with Crippen LogP contribution in [0.2, 0.25) is 0 Å². The predicted molar refractivity (Wildman–Crippen MR) is 83.2 cm³/mol. The van der Waals surface area contributed by atoms with Crippen molar-refractivity contribution in [2.24, 2.45) is 0 Å². The molecule has 0 aliphatic carbocycles. The highest BCUT2D eigenvalue weighted by atomic mass is 19.1. The Kier molecular flexibility index (Phi) is 3.80. The van der Waals surface area contributed by atoms with Gasteiger partial charge in [-0.2, -0.15) is 10.4 Å². The smallest absolute Gasteiger partial charge is 0.338 e. The highest BCUT2D eigenvalue weighted by molar-refractivity contribution is 5.87. The van der Waals surface area contributed by atoms with Crippen LogP contribution in [0.4, 0.5) is 4.39 Å². The summed E-state index contributed by atoms with van der Waals surface area (Å²) in [5.74, 6) is -1.10. The van der Waals surface area contributed by atoms with Crippen LogP contribution < -0.4 is 0 Å². The molecule has 0 saturated heterocycles. The number of halogens is 1. The van der Waals surface area contributed by atoms with Crippen LogP contribution in [0.15, 0.2) is 42.9 Å². The zero-order valence-electron chi connectivity index (χ0n) is 12.6. The maximum Gasteiger partial charge on any atom is 0.338 e. The van der Waals surface area contributed by atoms with Gasteiger partial charge in [-0.3, -0.25) is 0 Å². The van der Waals surface area contributed by atoms with Crippen LogP contribution in [0, 0.1) is 24.1 Å². The summed E-state index contributed by atoms with van der Waals surface area (Å²) in [5.41, 5.74) is 2.07. The van der Waals surface area contributed by atoms with Crippen molar-refractivity contribution in [1.29, 1.82) is 5.26 Å². The number of nitrogens with zero attached hydrogens (tertiary/aromatic N) is 4. The average Bonchev–Trinajstić information content (AvgIpc) is 3.07. The maximum absolute atomic E-state index is 13.4. The van der Waals surface area contributed by atoms with E-state index in [4.69, 9.17) is 5.11 Å². The van der Waals surface area contributed by atoms with Gasteiger partial charge in [-0.25, -0.2) is 18.9 Å². The number of hydrogen-bond acceptors (Lipinski definition) is 4. The summed E-state index contributed by atoms with van der Waals surface area (Å²) >= 11 is 0. The van der Waals surface area contributed by atoms with E-state index in [2.05, 4.69) is 16.2 Å². The lowest BCUT2D eigenvalue weighted by atomic mass is 10.0. The Bertz CT molecular complexity index is 988. The summed E-state index contributed by atoms with van der Waals surface area (Å²) in [4.78, 5) is 15.1. The second kappa shape index (κ2) is 5.93. The van der Waals surface area contributed by atoms with Crippen LogP contribution >= 0.6 is 0 Å². The number of carboxylic acids is 1. The Labute approximate surface area is 136 Å². The van der Waals surface area contributed by atoms with E-state index in [0.29, 0.717) is 28.1 Å². The summed E-state index contributed by atoms with van der Waals surface area (Å²) in [5, 5.41) is 22.2. The van der Waals surface area contributed by atoms with Gasteiger partial charge in [0.1, 0.15) is 5.82 Å². The maximum atomic E-state index is 13.4. The summed E-state index contributed by atoms with van der Waals surface area (Å²) in [6.45, 7) is 1.64. The van der Waals surface area contributed by atoms with Crippen LogP contribution in [0.3, 0.4) is 0 Å². The minimum Gasteiger partial charge on any atom is -0.478 e. The van der Waals surface area contributed by atoms with E-state index >= 15 is 0 Å². The summed E-state index contributed by atoms with van der Waals surface area (Å²) in [6, 6.07) is 8.14. The van der Waals surface area contributed by atoms with Crippen molar-refractivity contribution in [3.63, 3.8) is 0 Å². The number of carbonyl (C=O) groups is 1. The minimum absolute atomic E-state index is 0.0218. The van der Waals surface area contributed by atoms with E-state index < -0.39 is 5.97 Å². The Balaban J connectivity index is 2.06. The molecule has 1 aromatic carbocycles. The lowest BCUT2D eigenvalue weighted by molar-refractivity contribution is 0.0697. The molecule has 2 heterocycles. The van der Waals surface area contributed by atoms with E-state index in [1.165, 1.54) is 35.4 Å². The monoisotopic (exact) mass is 322 g/mol. The first-order valence-electron chi connectivity index (χ1n) is 6.94. The molecule has 118 valence electrons. The molecule has 0 saturated carbocycles. The van der Waals surface area contributed by atoms with Crippen molar-refractivity contribution < 1.29 is 14.3 Å². The molecular weight excluding hydrogens is 311 g/mol. The second-order valence-electron chi connectivity index (χ2n) is 5.14. The topological polar surface area (TPSA) is 91.8 Å². The molecule has 0 amide bonds. The molecule has 3 rings (SSSR count). The third-order valence-corrected chi connectivity index (χ3v) is 3.54. The van der Waals surface area contributed by atoms with Crippen molar-refractivity contribution in [1.82, 2.24) is 14.8 Å². The van der Waals surface area contributed by atoms with Crippen LogP contribution in [0.1, 0.15) is 21.5 Å². The van der Waals surface area contributed by atoms with Gasteiger partial charge in [-0.05, 0) is 30.2 Å². The lowest BCUT2D eigenvalue weighted by Crippen LogP contribution is -2.00. The molecular formula is C17H11FN4O2. The first kappa shape index (κ1) is 15.4. The van der Waals surface area contributed by atoms with Crippen molar-refractivity contribution in [3.05, 3.63) is 65.4 Å². The van der Waals surface area contributed by atoms with E-state index in [1.54, 1.807) is 19.1 Å². The van der Waals surface area contributed by atoms with Crippen LogP contribution in [-0.4, -0.2) is 25.8 Å². The Hall–Kier alpha value is -3.53. The van der Waals surface area contributed by atoms with Gasteiger partial charge in [-0.15, -0.1) is 0 Å². The zero-order valence-corrected chi connectivity index (χ0v) is 12.6. The van der Waals surface area contributed by atoms with E-state index in [-0.39, 0.29) is 11.4 Å². The van der Waals surface area contributed by atoms with Crippen molar-refractivity contribution in [2.45, 2.75) is 6.92 Å². The number of aromatic carboxylic acids is 1. The Morgan fingerprint density at radius 3 is 2.75 bits per heavy atom. The number of pyridine rings is 1. The molecule has 0 fully saturated rings. The quantitative estimate of drug-likeness (QED) is 0.800. The van der Waals surface area contributed by atoms with Gasteiger partial charge < -0.3 is 5.11 Å². The Morgan fingerprint density at radius 2 is 2.12 bits per heavy atom. The molecule has 2 aromatic heterocycles. The van der Waals surface area contributed by atoms with Crippen molar-refractivity contribution in [3.8, 4) is 23.0 Å². The number of carboxylic acid groups (broad SMARTS) is 1. The first-order chi connectivity index (χ1) is 11.5. The molecule has 0 unspecified atom stereocenters. The van der Waals surface area contributed by atoms with Crippen molar-refractivity contribution >= 4 is 5.97 Å². The van der Waals surface area contributed by atoms with Gasteiger partial charge in [0.05, 0.1) is 23.4 Å². The molecule has 0 spiro atoms. The highest BCUT2D eigenvalue weighted by Gasteiger charge is 2.12. The van der Waals surface area contributed by atoms with Gasteiger partial charge in [0.25, 0.3) is 0 Å². The van der Waals surface area contributed by atoms with Crippen LogP contribution in [-0.2, 0) is 0 Å². The normalized spacial score (nSPS) is 10.4. The molecule has 0 atom stereocenters. The van der Waals surface area contributed by atoms with Gasteiger partial charge in [-0.1, -0.05) is 6.07 Å². The molecule has 0 aliphatic heterocycles. The van der Waals surface area contributed by atoms with Gasteiger partial charge in [0.2, 0.25) is 0 Å². The van der Waals surface area contributed by atoms with Gasteiger partial charge >= 0.3 is 5.97 Å². The summed E-state index contributed by atoms with van der Waals surface area (Å²) in [6.07, 6.45) is 4.00. The number of hydrogen-bond donors (Lipinski definition) is 1. The van der Waals surface area contributed by atoms with E-state index in [0.717, 1.165) is 0 Å². The number of aromatic nitrogens is 3. The standard InChI is InChI=1S/C17H11FN4O2/c1-10-4-11(2-3-15(10)18)14-8-20-16(5-12(14)6-19)22-9-13(7-21-22)17(23)24/h2-5,7-9H,1H3,(H,23,24). The van der Waals surface area contributed by atoms with Crippen LogP contribution in [0.5, 0.6) is 0 Å². The van der Waals surface area contributed by atoms with E-state index in [9.17, 15) is 14.4 Å². The number of rotatable bonds is 3. The molecule has 1 N–H and O–H groups in total. The second-order valence-corrected chi connectivity index (χ2v) is 5.14. The van der Waals surface area contributed by atoms with E-state index in [1.807, 2.05) is 0 Å². The zero-order chi connectivity index (χ0) is 17.3. The molecule has 6 nitrogen and oxygen atoms in total. The lowest BCUT2D eigenvalue weighted by Gasteiger charge is -2.08. The average molecular weight is 322 g/mol. The SMILES string of the molecule is Cc1cc(-c2cnc(-n3cc(C(=O)O)cn3)cc2C#N)ccc1F. The van der Waals surface area contributed by atoms with Gasteiger partial charge in [0, 0.05) is 24.0 Å². The molecule has 7 heteroatoms. The Morgan fingerprint density at radius 1 is 1.33 bits per heavy atom. The van der Waals surface area contributed by atoms with Crippen LogP contribution in [0.25, 0.3) is 16.9 Å². The third-order valence-electron chi connectivity index (χ3n) is 3.54. The number of benzene rings is 1. The number of aryl methyl sites for hydroxylation is 1. The fourth-order valence-electron chi connectivity index (χ4n) is 2.26. The molecule has 24 heavy (non-hydrogen) atoms. The molecule has 0 radical (unpaired) electrons. The first-order valence-corrected chi connectivity index (χ1v) is 6.94. The largest absolute Gasteiger partial charge is 0.478 e.